The van der Waals surface area contributed by atoms with E-state index in [1.54, 1.807) is 12.4 Å². The summed E-state index contributed by atoms with van der Waals surface area (Å²) in [7, 11) is 0. The molecule has 0 unspecified atom stereocenters. The van der Waals surface area contributed by atoms with E-state index in [9.17, 15) is 0 Å². The summed E-state index contributed by atoms with van der Waals surface area (Å²) in [6.45, 7) is 3.26. The SMILES string of the molecule is CCCOc1ccc(Oc2cncc(CN)c2)cc1. The number of rotatable bonds is 6. The molecule has 0 spiro atoms. The van der Waals surface area contributed by atoms with Gasteiger partial charge in [-0.2, -0.15) is 0 Å². The second kappa shape index (κ2) is 6.75. The molecular formula is C15H18N2O2. The fraction of sp³-hybridized carbons (Fsp3) is 0.267. The molecule has 2 rings (SSSR count). The Balaban J connectivity index is 2.02. The first-order chi connectivity index (χ1) is 9.31. The quantitative estimate of drug-likeness (QED) is 0.864. The zero-order valence-electron chi connectivity index (χ0n) is 11.0. The largest absolute Gasteiger partial charge is 0.494 e. The van der Waals surface area contributed by atoms with Crippen LogP contribution >= 0.6 is 0 Å². The van der Waals surface area contributed by atoms with Gasteiger partial charge in [-0.05, 0) is 42.3 Å². The summed E-state index contributed by atoms with van der Waals surface area (Å²) in [5, 5.41) is 0. The Bertz CT molecular complexity index is 512. The van der Waals surface area contributed by atoms with Gasteiger partial charge in [-0.15, -0.1) is 0 Å². The lowest BCUT2D eigenvalue weighted by atomic mass is 10.3. The van der Waals surface area contributed by atoms with E-state index in [1.807, 2.05) is 30.3 Å². The molecule has 0 atom stereocenters. The van der Waals surface area contributed by atoms with Crippen molar-refractivity contribution in [2.24, 2.45) is 5.73 Å². The first-order valence-electron chi connectivity index (χ1n) is 6.36. The monoisotopic (exact) mass is 258 g/mol. The molecule has 1 aromatic carbocycles. The van der Waals surface area contributed by atoms with Crippen LogP contribution in [0.2, 0.25) is 0 Å². The molecule has 1 aromatic heterocycles. The molecule has 0 aliphatic rings. The second-order valence-corrected chi connectivity index (χ2v) is 4.15. The Morgan fingerprint density at radius 2 is 1.79 bits per heavy atom. The van der Waals surface area contributed by atoms with E-state index < -0.39 is 0 Å². The normalized spacial score (nSPS) is 10.2. The zero-order chi connectivity index (χ0) is 13.5. The topological polar surface area (TPSA) is 57.4 Å². The second-order valence-electron chi connectivity index (χ2n) is 4.15. The molecule has 0 amide bonds. The van der Waals surface area contributed by atoms with E-state index >= 15 is 0 Å². The highest BCUT2D eigenvalue weighted by Crippen LogP contribution is 2.23. The summed E-state index contributed by atoms with van der Waals surface area (Å²) < 4.78 is 11.2. The van der Waals surface area contributed by atoms with Crippen molar-refractivity contribution >= 4 is 0 Å². The Morgan fingerprint density at radius 3 is 2.47 bits per heavy atom. The number of benzene rings is 1. The van der Waals surface area contributed by atoms with Gasteiger partial charge in [0.1, 0.15) is 17.2 Å². The van der Waals surface area contributed by atoms with Crippen molar-refractivity contribution in [3.8, 4) is 17.2 Å². The van der Waals surface area contributed by atoms with Gasteiger partial charge in [0.25, 0.3) is 0 Å². The minimum atomic E-state index is 0.452. The van der Waals surface area contributed by atoms with Gasteiger partial charge in [0.05, 0.1) is 12.8 Å². The van der Waals surface area contributed by atoms with Gasteiger partial charge in [-0.3, -0.25) is 4.98 Å². The van der Waals surface area contributed by atoms with Crippen molar-refractivity contribution in [3.05, 3.63) is 48.3 Å². The number of pyridine rings is 1. The highest BCUT2D eigenvalue weighted by Gasteiger charge is 2.00. The zero-order valence-corrected chi connectivity index (χ0v) is 11.0. The van der Waals surface area contributed by atoms with E-state index in [-0.39, 0.29) is 0 Å². The number of nitrogens with two attached hydrogens (primary N) is 1. The minimum absolute atomic E-state index is 0.452. The number of ether oxygens (including phenoxy) is 2. The standard InChI is InChI=1S/C15H18N2O2/c1-2-7-18-13-3-5-14(6-4-13)19-15-8-12(9-16)10-17-11-15/h3-6,8,10-11H,2,7,9,16H2,1H3. The van der Waals surface area contributed by atoms with Crippen LogP contribution in [0, 0.1) is 0 Å². The van der Waals surface area contributed by atoms with Crippen molar-refractivity contribution in [1.82, 2.24) is 4.98 Å². The fourth-order valence-electron chi connectivity index (χ4n) is 1.59. The maximum absolute atomic E-state index is 5.71. The third kappa shape index (κ3) is 3.96. The molecule has 100 valence electrons. The Morgan fingerprint density at radius 1 is 1.05 bits per heavy atom. The Kier molecular flexibility index (Phi) is 4.75. The lowest BCUT2D eigenvalue weighted by Gasteiger charge is -2.08. The van der Waals surface area contributed by atoms with Crippen molar-refractivity contribution in [3.63, 3.8) is 0 Å². The molecule has 1 heterocycles. The summed E-state index contributed by atoms with van der Waals surface area (Å²) in [5.74, 6) is 2.29. The van der Waals surface area contributed by atoms with Gasteiger partial charge in [-0.1, -0.05) is 6.92 Å². The summed E-state index contributed by atoms with van der Waals surface area (Å²) in [6.07, 6.45) is 4.39. The third-order valence-electron chi connectivity index (χ3n) is 2.54. The number of aromatic nitrogens is 1. The maximum atomic E-state index is 5.71. The maximum Gasteiger partial charge on any atom is 0.146 e. The summed E-state index contributed by atoms with van der Waals surface area (Å²) >= 11 is 0. The van der Waals surface area contributed by atoms with E-state index in [1.165, 1.54) is 0 Å². The van der Waals surface area contributed by atoms with Crippen LogP contribution in [0.15, 0.2) is 42.7 Å². The molecule has 0 radical (unpaired) electrons. The van der Waals surface area contributed by atoms with E-state index in [2.05, 4.69) is 11.9 Å². The molecule has 2 N–H and O–H groups in total. The van der Waals surface area contributed by atoms with Gasteiger partial charge in [0.15, 0.2) is 0 Å². The van der Waals surface area contributed by atoms with Gasteiger partial charge in [0.2, 0.25) is 0 Å². The first kappa shape index (κ1) is 13.4. The van der Waals surface area contributed by atoms with Crippen LogP contribution in [-0.4, -0.2) is 11.6 Å². The van der Waals surface area contributed by atoms with Crippen molar-refractivity contribution in [2.75, 3.05) is 6.61 Å². The molecule has 0 aliphatic heterocycles. The third-order valence-corrected chi connectivity index (χ3v) is 2.54. The molecule has 0 bridgehead atoms. The van der Waals surface area contributed by atoms with Crippen molar-refractivity contribution < 1.29 is 9.47 Å². The van der Waals surface area contributed by atoms with Crippen LogP contribution in [0.25, 0.3) is 0 Å². The predicted molar refractivity (Wildman–Crippen MR) is 74.4 cm³/mol. The van der Waals surface area contributed by atoms with Crippen LogP contribution in [0.5, 0.6) is 17.2 Å². The molecule has 4 nitrogen and oxygen atoms in total. The van der Waals surface area contributed by atoms with Crippen LogP contribution in [-0.2, 0) is 6.54 Å². The molecule has 0 saturated carbocycles. The van der Waals surface area contributed by atoms with Gasteiger partial charge in [-0.25, -0.2) is 0 Å². The number of hydrogen-bond donors (Lipinski definition) is 1. The summed E-state index contributed by atoms with van der Waals surface area (Å²) in [5.41, 5.74) is 6.51. The average Bonchev–Trinajstić information content (AvgIpc) is 2.47. The van der Waals surface area contributed by atoms with Crippen LogP contribution < -0.4 is 15.2 Å². The van der Waals surface area contributed by atoms with Crippen molar-refractivity contribution in [1.29, 1.82) is 0 Å². The molecule has 0 fully saturated rings. The molecule has 2 aromatic rings. The fourth-order valence-corrected chi connectivity index (χ4v) is 1.59. The van der Waals surface area contributed by atoms with E-state index in [4.69, 9.17) is 15.2 Å². The van der Waals surface area contributed by atoms with E-state index in [0.29, 0.717) is 12.3 Å². The Hall–Kier alpha value is -2.07. The first-order valence-corrected chi connectivity index (χ1v) is 6.36. The molecule has 0 saturated heterocycles. The van der Waals surface area contributed by atoms with Crippen LogP contribution in [0.3, 0.4) is 0 Å². The van der Waals surface area contributed by atoms with Crippen LogP contribution in [0.1, 0.15) is 18.9 Å². The van der Waals surface area contributed by atoms with Gasteiger partial charge in [0, 0.05) is 12.7 Å². The molecule has 19 heavy (non-hydrogen) atoms. The Labute approximate surface area is 113 Å². The van der Waals surface area contributed by atoms with Crippen LogP contribution in [0.4, 0.5) is 0 Å². The average molecular weight is 258 g/mol. The van der Waals surface area contributed by atoms with E-state index in [0.717, 1.165) is 30.1 Å². The summed E-state index contributed by atoms with van der Waals surface area (Å²) in [6, 6.07) is 9.42. The minimum Gasteiger partial charge on any atom is -0.494 e. The predicted octanol–water partition coefficient (Wildman–Crippen LogP) is 3.12. The molecule has 4 heteroatoms. The lowest BCUT2D eigenvalue weighted by molar-refractivity contribution is 0.317. The highest BCUT2D eigenvalue weighted by atomic mass is 16.5. The van der Waals surface area contributed by atoms with Crippen molar-refractivity contribution in [2.45, 2.75) is 19.9 Å². The highest BCUT2D eigenvalue weighted by molar-refractivity contribution is 5.35. The summed E-state index contributed by atoms with van der Waals surface area (Å²) in [4.78, 5) is 4.08. The molecule has 0 aliphatic carbocycles. The molecular weight excluding hydrogens is 240 g/mol. The number of nitrogens with zero attached hydrogens (tertiary/aromatic N) is 1. The number of hydrogen-bond acceptors (Lipinski definition) is 4. The van der Waals surface area contributed by atoms with Gasteiger partial charge < -0.3 is 15.2 Å². The van der Waals surface area contributed by atoms with Gasteiger partial charge >= 0.3 is 0 Å². The smallest absolute Gasteiger partial charge is 0.146 e. The lowest BCUT2D eigenvalue weighted by Crippen LogP contribution is -1.97.